The highest BCUT2D eigenvalue weighted by Gasteiger charge is 2.58. The Morgan fingerprint density at radius 3 is 2.32 bits per heavy atom. The monoisotopic (exact) mass is 272 g/mol. The molecular formula is C14H24O5. The third-order valence-corrected chi connectivity index (χ3v) is 4.77. The van der Waals surface area contributed by atoms with Crippen LogP contribution in [0.25, 0.3) is 0 Å². The van der Waals surface area contributed by atoms with Gasteiger partial charge in [-0.05, 0) is 19.3 Å². The average Bonchev–Trinajstić information content (AvgIpc) is 2.91. The Kier molecular flexibility index (Phi) is 3.84. The van der Waals surface area contributed by atoms with E-state index in [0.29, 0.717) is 6.42 Å². The Morgan fingerprint density at radius 1 is 1.05 bits per heavy atom. The molecule has 5 heteroatoms. The first-order valence-corrected chi connectivity index (χ1v) is 7.28. The standard InChI is InChI=1S/C14H24O5/c1-16-13(17-2)9-8-10(15)12-11(9)18-14(19-12)6-4-3-5-7-14/h9-13,15H,3-8H2,1-2H3/t9-,10-,11+,12-/m0/s1. The van der Waals surface area contributed by atoms with Crippen molar-refractivity contribution in [1.29, 1.82) is 0 Å². The van der Waals surface area contributed by atoms with E-state index in [-0.39, 0.29) is 24.4 Å². The van der Waals surface area contributed by atoms with Crippen molar-refractivity contribution >= 4 is 0 Å². The Hall–Kier alpha value is -0.200. The van der Waals surface area contributed by atoms with Crippen LogP contribution >= 0.6 is 0 Å². The minimum absolute atomic E-state index is 0.0382. The molecule has 0 bridgehead atoms. The van der Waals surface area contributed by atoms with E-state index >= 15 is 0 Å². The third kappa shape index (κ3) is 2.32. The van der Waals surface area contributed by atoms with Crippen LogP contribution < -0.4 is 0 Å². The fourth-order valence-corrected chi connectivity index (χ4v) is 3.87. The number of fused-ring (bicyclic) bond motifs is 1. The minimum Gasteiger partial charge on any atom is -0.390 e. The first-order valence-electron chi connectivity index (χ1n) is 7.28. The summed E-state index contributed by atoms with van der Waals surface area (Å²) in [5, 5.41) is 10.2. The molecule has 3 fully saturated rings. The van der Waals surface area contributed by atoms with Crippen LogP contribution in [0.15, 0.2) is 0 Å². The van der Waals surface area contributed by atoms with Gasteiger partial charge in [0.15, 0.2) is 12.1 Å². The van der Waals surface area contributed by atoms with Crippen molar-refractivity contribution in [2.45, 2.75) is 68.9 Å². The van der Waals surface area contributed by atoms with Gasteiger partial charge in [-0.3, -0.25) is 0 Å². The molecule has 1 spiro atoms. The average molecular weight is 272 g/mol. The molecule has 0 aromatic heterocycles. The van der Waals surface area contributed by atoms with Gasteiger partial charge in [0.2, 0.25) is 0 Å². The lowest BCUT2D eigenvalue weighted by atomic mass is 9.94. The molecule has 0 aromatic carbocycles. The predicted octanol–water partition coefficient (Wildman–Crippen LogP) is 1.43. The van der Waals surface area contributed by atoms with Crippen LogP contribution in [-0.4, -0.2) is 49.7 Å². The van der Waals surface area contributed by atoms with E-state index in [1.807, 2.05) is 0 Å². The molecule has 0 radical (unpaired) electrons. The van der Waals surface area contributed by atoms with E-state index < -0.39 is 11.9 Å². The van der Waals surface area contributed by atoms with Crippen LogP contribution in [0.2, 0.25) is 0 Å². The number of methoxy groups -OCH3 is 2. The molecule has 2 aliphatic carbocycles. The summed E-state index contributed by atoms with van der Waals surface area (Å²) < 4.78 is 23.0. The zero-order chi connectivity index (χ0) is 13.5. The lowest BCUT2D eigenvalue weighted by Gasteiger charge is -2.34. The molecule has 1 heterocycles. The van der Waals surface area contributed by atoms with E-state index in [4.69, 9.17) is 18.9 Å². The Morgan fingerprint density at radius 2 is 1.68 bits per heavy atom. The zero-order valence-electron chi connectivity index (χ0n) is 11.7. The normalized spacial score (nSPS) is 41.1. The molecule has 0 aromatic rings. The van der Waals surface area contributed by atoms with E-state index in [2.05, 4.69) is 0 Å². The molecule has 4 atom stereocenters. The van der Waals surface area contributed by atoms with Crippen LogP contribution in [0.1, 0.15) is 38.5 Å². The van der Waals surface area contributed by atoms with Crippen molar-refractivity contribution in [3.63, 3.8) is 0 Å². The lowest BCUT2D eigenvalue weighted by molar-refractivity contribution is -0.224. The molecule has 1 aliphatic heterocycles. The van der Waals surface area contributed by atoms with Gasteiger partial charge in [-0.2, -0.15) is 0 Å². The molecule has 2 saturated carbocycles. The smallest absolute Gasteiger partial charge is 0.169 e. The van der Waals surface area contributed by atoms with Crippen LogP contribution in [0.3, 0.4) is 0 Å². The quantitative estimate of drug-likeness (QED) is 0.788. The number of hydrogen-bond donors (Lipinski definition) is 1. The summed E-state index contributed by atoms with van der Waals surface area (Å²) in [6, 6.07) is 0. The molecule has 0 amide bonds. The van der Waals surface area contributed by atoms with Crippen molar-refractivity contribution in [3.8, 4) is 0 Å². The molecular weight excluding hydrogens is 248 g/mol. The Balaban J connectivity index is 1.75. The summed E-state index contributed by atoms with van der Waals surface area (Å²) in [5.74, 6) is -0.421. The molecule has 3 aliphatic rings. The molecule has 5 nitrogen and oxygen atoms in total. The van der Waals surface area contributed by atoms with Gasteiger partial charge < -0.3 is 24.1 Å². The fraction of sp³-hybridized carbons (Fsp3) is 1.00. The van der Waals surface area contributed by atoms with Gasteiger partial charge in [-0.1, -0.05) is 6.42 Å². The van der Waals surface area contributed by atoms with Gasteiger partial charge in [0.25, 0.3) is 0 Å². The highest BCUT2D eigenvalue weighted by molar-refractivity contribution is 5.01. The second kappa shape index (κ2) is 5.30. The van der Waals surface area contributed by atoms with Crippen LogP contribution in [0.5, 0.6) is 0 Å². The highest BCUT2D eigenvalue weighted by atomic mass is 16.8. The van der Waals surface area contributed by atoms with E-state index in [9.17, 15) is 5.11 Å². The number of aliphatic hydroxyl groups is 1. The maximum Gasteiger partial charge on any atom is 0.169 e. The van der Waals surface area contributed by atoms with Crippen molar-refractivity contribution < 1.29 is 24.1 Å². The summed E-state index contributed by atoms with van der Waals surface area (Å²) in [4.78, 5) is 0. The minimum atomic E-state index is -0.482. The fourth-order valence-electron chi connectivity index (χ4n) is 3.87. The van der Waals surface area contributed by atoms with Crippen molar-refractivity contribution in [2.75, 3.05) is 14.2 Å². The maximum atomic E-state index is 10.2. The van der Waals surface area contributed by atoms with Crippen LogP contribution in [-0.2, 0) is 18.9 Å². The number of aliphatic hydroxyl groups excluding tert-OH is 1. The lowest BCUT2D eigenvalue weighted by Crippen LogP contribution is -2.38. The van der Waals surface area contributed by atoms with Gasteiger partial charge in [0.05, 0.1) is 12.2 Å². The second-order valence-corrected chi connectivity index (χ2v) is 5.94. The molecule has 110 valence electrons. The molecule has 1 saturated heterocycles. The van der Waals surface area contributed by atoms with Crippen molar-refractivity contribution in [1.82, 2.24) is 0 Å². The van der Waals surface area contributed by atoms with E-state index in [0.717, 1.165) is 25.7 Å². The SMILES string of the molecule is COC(OC)[C@H]1C[C@H](O)[C@@H]2OC3(CCCCC3)O[C@@H]21. The highest BCUT2D eigenvalue weighted by Crippen LogP contribution is 2.48. The molecule has 1 N–H and O–H groups in total. The Labute approximate surface area is 114 Å². The number of ether oxygens (including phenoxy) is 4. The van der Waals surface area contributed by atoms with Crippen LogP contribution in [0.4, 0.5) is 0 Å². The van der Waals surface area contributed by atoms with Gasteiger partial charge in [0.1, 0.15) is 6.10 Å². The molecule has 19 heavy (non-hydrogen) atoms. The molecule has 3 rings (SSSR count). The maximum absolute atomic E-state index is 10.2. The zero-order valence-corrected chi connectivity index (χ0v) is 11.7. The number of hydrogen-bond acceptors (Lipinski definition) is 5. The summed E-state index contributed by atoms with van der Waals surface area (Å²) in [6.45, 7) is 0. The predicted molar refractivity (Wildman–Crippen MR) is 67.5 cm³/mol. The van der Waals surface area contributed by atoms with Gasteiger partial charge in [-0.15, -0.1) is 0 Å². The summed E-state index contributed by atoms with van der Waals surface area (Å²) in [7, 11) is 3.25. The van der Waals surface area contributed by atoms with E-state index in [1.165, 1.54) is 6.42 Å². The van der Waals surface area contributed by atoms with Gasteiger partial charge in [0, 0.05) is 33.0 Å². The number of rotatable bonds is 3. The van der Waals surface area contributed by atoms with Gasteiger partial charge >= 0.3 is 0 Å². The topological polar surface area (TPSA) is 57.2 Å². The first kappa shape index (κ1) is 13.8. The molecule has 0 unspecified atom stereocenters. The first-order chi connectivity index (χ1) is 9.19. The summed E-state index contributed by atoms with van der Waals surface area (Å²) >= 11 is 0. The summed E-state index contributed by atoms with van der Waals surface area (Å²) in [5.41, 5.74) is 0. The van der Waals surface area contributed by atoms with Crippen LogP contribution in [0, 0.1) is 5.92 Å². The summed E-state index contributed by atoms with van der Waals surface area (Å²) in [6.07, 6.45) is 4.83. The van der Waals surface area contributed by atoms with Gasteiger partial charge in [-0.25, -0.2) is 0 Å². The Bertz CT molecular complexity index is 311. The third-order valence-electron chi connectivity index (χ3n) is 4.77. The van der Waals surface area contributed by atoms with Crippen molar-refractivity contribution in [3.05, 3.63) is 0 Å². The largest absolute Gasteiger partial charge is 0.390 e. The van der Waals surface area contributed by atoms with E-state index in [1.54, 1.807) is 14.2 Å². The second-order valence-electron chi connectivity index (χ2n) is 5.94. The van der Waals surface area contributed by atoms with Crippen molar-refractivity contribution in [2.24, 2.45) is 5.92 Å².